The molecule has 174 valence electrons. The highest BCUT2D eigenvalue weighted by molar-refractivity contribution is 5.61. The van der Waals surface area contributed by atoms with E-state index in [1.807, 2.05) is 25.1 Å². The topological polar surface area (TPSA) is 122 Å². The fourth-order valence-electron chi connectivity index (χ4n) is 4.14. The minimum absolute atomic E-state index is 0.0602. The van der Waals surface area contributed by atoms with Crippen molar-refractivity contribution < 1.29 is 18.9 Å². The van der Waals surface area contributed by atoms with Crippen LogP contribution in [0.5, 0.6) is 23.0 Å². The number of hydrogen-bond acceptors (Lipinski definition) is 8. The zero-order valence-electron chi connectivity index (χ0n) is 19.3. The monoisotopic (exact) mass is 460 g/mol. The van der Waals surface area contributed by atoms with Gasteiger partial charge in [-0.15, -0.1) is 0 Å². The molecule has 0 aliphatic carbocycles. The van der Waals surface area contributed by atoms with E-state index >= 15 is 0 Å². The molecule has 0 spiro atoms. The summed E-state index contributed by atoms with van der Waals surface area (Å²) in [4.78, 5) is 18.2. The average molecular weight is 460 g/mol. The summed E-state index contributed by atoms with van der Waals surface area (Å²) in [5.41, 5.74) is 8.20. The van der Waals surface area contributed by atoms with Crippen LogP contribution in [0.2, 0.25) is 0 Å². The van der Waals surface area contributed by atoms with Gasteiger partial charge in [-0.3, -0.25) is 9.78 Å². The molecular formula is C25H24N4O5. The van der Waals surface area contributed by atoms with Gasteiger partial charge in [0.1, 0.15) is 17.4 Å². The second kappa shape index (κ2) is 9.19. The van der Waals surface area contributed by atoms with Gasteiger partial charge in [0, 0.05) is 18.0 Å². The van der Waals surface area contributed by atoms with Gasteiger partial charge in [0.2, 0.25) is 11.6 Å². The minimum Gasteiger partial charge on any atom is -0.493 e. The molecule has 1 unspecified atom stereocenters. The zero-order chi connectivity index (χ0) is 24.4. The third-order valence-corrected chi connectivity index (χ3v) is 5.76. The largest absolute Gasteiger partial charge is 0.493 e. The number of aryl methyl sites for hydroxylation is 1. The number of aromatic nitrogens is 2. The van der Waals surface area contributed by atoms with Crippen LogP contribution < -0.4 is 30.2 Å². The Morgan fingerprint density at radius 2 is 1.85 bits per heavy atom. The number of nitriles is 1. The summed E-state index contributed by atoms with van der Waals surface area (Å²) in [5, 5.41) is 9.95. The summed E-state index contributed by atoms with van der Waals surface area (Å²) in [6.45, 7) is 2.07. The van der Waals surface area contributed by atoms with E-state index in [0.29, 0.717) is 39.8 Å². The molecule has 3 aromatic rings. The fourth-order valence-corrected chi connectivity index (χ4v) is 4.14. The second-order valence-corrected chi connectivity index (χ2v) is 7.66. The van der Waals surface area contributed by atoms with Gasteiger partial charge in [-0.05, 0) is 36.8 Å². The summed E-state index contributed by atoms with van der Waals surface area (Å²) in [6, 6.07) is 12.8. The molecule has 0 saturated carbocycles. The predicted molar refractivity (Wildman–Crippen MR) is 124 cm³/mol. The Kier molecular flexibility index (Phi) is 6.15. The summed E-state index contributed by atoms with van der Waals surface area (Å²) in [5.74, 6) is 0.618. The third kappa shape index (κ3) is 3.79. The molecule has 4 rings (SSSR count). The van der Waals surface area contributed by atoms with Crippen LogP contribution in [0.3, 0.4) is 0 Å². The van der Waals surface area contributed by atoms with Crippen LogP contribution in [0.1, 0.15) is 28.4 Å². The number of nitrogens with zero attached hydrogens (tertiary/aromatic N) is 3. The van der Waals surface area contributed by atoms with Crippen molar-refractivity contribution in [1.29, 1.82) is 5.26 Å². The molecule has 3 heterocycles. The van der Waals surface area contributed by atoms with Crippen LogP contribution in [0.4, 0.5) is 0 Å². The Balaban J connectivity index is 1.97. The minimum atomic E-state index is -0.800. The van der Waals surface area contributed by atoms with Gasteiger partial charge in [-0.2, -0.15) is 5.26 Å². The summed E-state index contributed by atoms with van der Waals surface area (Å²) in [6.07, 6.45) is 1.67. The molecule has 0 fully saturated rings. The first-order chi connectivity index (χ1) is 16.4. The van der Waals surface area contributed by atoms with Crippen LogP contribution in [-0.4, -0.2) is 30.9 Å². The first-order valence-corrected chi connectivity index (χ1v) is 10.4. The smallest absolute Gasteiger partial charge is 0.259 e. The van der Waals surface area contributed by atoms with Crippen LogP contribution >= 0.6 is 0 Å². The molecule has 1 atom stereocenters. The van der Waals surface area contributed by atoms with Gasteiger partial charge < -0.3 is 29.2 Å². The van der Waals surface area contributed by atoms with Gasteiger partial charge in [-0.1, -0.05) is 6.07 Å². The maximum absolute atomic E-state index is 13.8. The molecule has 1 aliphatic heterocycles. The average Bonchev–Trinajstić information content (AvgIpc) is 2.85. The van der Waals surface area contributed by atoms with Gasteiger partial charge in [-0.25, -0.2) is 0 Å². The maximum Gasteiger partial charge on any atom is 0.259 e. The van der Waals surface area contributed by atoms with E-state index < -0.39 is 5.92 Å². The van der Waals surface area contributed by atoms with E-state index in [-0.39, 0.29) is 23.6 Å². The number of rotatable bonds is 6. The third-order valence-electron chi connectivity index (χ3n) is 5.76. The molecule has 0 amide bonds. The fraction of sp³-hybridized carbons (Fsp3) is 0.240. The van der Waals surface area contributed by atoms with Crippen LogP contribution in [0, 0.1) is 18.3 Å². The van der Waals surface area contributed by atoms with Crippen molar-refractivity contribution in [3.8, 4) is 29.1 Å². The first kappa shape index (κ1) is 22.7. The summed E-state index contributed by atoms with van der Waals surface area (Å²) in [7, 11) is 4.50. The molecule has 34 heavy (non-hydrogen) atoms. The lowest BCUT2D eigenvalue weighted by Gasteiger charge is -2.28. The molecular weight excluding hydrogens is 436 g/mol. The van der Waals surface area contributed by atoms with Crippen LogP contribution in [0.25, 0.3) is 0 Å². The van der Waals surface area contributed by atoms with E-state index in [4.69, 9.17) is 24.7 Å². The van der Waals surface area contributed by atoms with E-state index in [9.17, 15) is 10.1 Å². The Bertz CT molecular complexity index is 1350. The second-order valence-electron chi connectivity index (χ2n) is 7.66. The molecule has 9 nitrogen and oxygen atoms in total. The SMILES string of the molecule is COc1cc(C2C(C#N)=C(N)Oc3cc(C)n(Cc4ccccn4)c(=O)c32)cc(OC)c1OC. The molecule has 0 saturated heterocycles. The number of allylic oxidation sites excluding steroid dienone is 1. The molecule has 0 radical (unpaired) electrons. The number of nitrogens with two attached hydrogens (primary N) is 1. The number of hydrogen-bond donors (Lipinski definition) is 1. The highest BCUT2D eigenvalue weighted by Crippen LogP contribution is 2.46. The van der Waals surface area contributed by atoms with Gasteiger partial charge in [0.15, 0.2) is 11.5 Å². The van der Waals surface area contributed by atoms with Gasteiger partial charge in [0.25, 0.3) is 5.56 Å². The first-order valence-electron chi connectivity index (χ1n) is 10.4. The maximum atomic E-state index is 13.8. The predicted octanol–water partition coefficient (Wildman–Crippen LogP) is 2.84. The van der Waals surface area contributed by atoms with Crippen molar-refractivity contribution in [2.45, 2.75) is 19.4 Å². The van der Waals surface area contributed by atoms with Gasteiger partial charge >= 0.3 is 0 Å². The zero-order valence-corrected chi connectivity index (χ0v) is 19.3. The lowest BCUT2D eigenvalue weighted by molar-refractivity contribution is 0.323. The van der Waals surface area contributed by atoms with Crippen molar-refractivity contribution in [3.63, 3.8) is 0 Å². The summed E-state index contributed by atoms with van der Waals surface area (Å²) < 4.78 is 23.7. The van der Waals surface area contributed by atoms with Crippen molar-refractivity contribution in [2.24, 2.45) is 5.73 Å². The number of pyridine rings is 2. The van der Waals surface area contributed by atoms with E-state index in [0.717, 1.165) is 5.69 Å². The molecule has 2 aromatic heterocycles. The lowest BCUT2D eigenvalue weighted by Crippen LogP contribution is -2.33. The van der Waals surface area contributed by atoms with Gasteiger partial charge in [0.05, 0.1) is 45.0 Å². The number of methoxy groups -OCH3 is 3. The molecule has 9 heteroatoms. The van der Waals surface area contributed by atoms with Crippen molar-refractivity contribution in [2.75, 3.05) is 21.3 Å². The van der Waals surface area contributed by atoms with E-state index in [1.54, 1.807) is 29.0 Å². The van der Waals surface area contributed by atoms with Crippen LogP contribution in [0.15, 0.2) is 58.8 Å². The number of benzene rings is 1. The van der Waals surface area contributed by atoms with Crippen molar-refractivity contribution >= 4 is 0 Å². The Labute approximate surface area is 196 Å². The standard InChI is InChI=1S/C25H24N4O5/c1-14-9-18-22(25(30)29(14)13-16-7-5-6-8-28-16)21(17(12-26)24(27)34-18)15-10-19(31-2)23(33-4)20(11-15)32-3/h5-11,21H,13,27H2,1-4H3. The van der Waals surface area contributed by atoms with E-state index in [2.05, 4.69) is 11.1 Å². The molecule has 0 bridgehead atoms. The molecule has 1 aromatic carbocycles. The molecule has 1 aliphatic rings. The highest BCUT2D eigenvalue weighted by atomic mass is 16.5. The Morgan fingerprint density at radius 3 is 2.41 bits per heavy atom. The number of ether oxygens (including phenoxy) is 4. The number of fused-ring (bicyclic) bond motifs is 1. The lowest BCUT2D eigenvalue weighted by atomic mass is 9.83. The molecule has 2 N–H and O–H groups in total. The Morgan fingerprint density at radius 1 is 1.15 bits per heavy atom. The quantitative estimate of drug-likeness (QED) is 0.596. The van der Waals surface area contributed by atoms with Crippen LogP contribution in [-0.2, 0) is 6.54 Å². The van der Waals surface area contributed by atoms with Crippen molar-refractivity contribution in [1.82, 2.24) is 9.55 Å². The summed E-state index contributed by atoms with van der Waals surface area (Å²) >= 11 is 0. The van der Waals surface area contributed by atoms with E-state index in [1.165, 1.54) is 21.3 Å². The normalized spacial score (nSPS) is 14.6. The Hall–Kier alpha value is -4.45. The highest BCUT2D eigenvalue weighted by Gasteiger charge is 2.35. The van der Waals surface area contributed by atoms with Crippen molar-refractivity contribution in [3.05, 3.63) is 86.9 Å².